The molecule has 0 bridgehead atoms. The van der Waals surface area contributed by atoms with Crippen molar-refractivity contribution in [3.63, 3.8) is 0 Å². The van der Waals surface area contributed by atoms with Crippen molar-refractivity contribution in [3.05, 3.63) is 27.2 Å². The van der Waals surface area contributed by atoms with Crippen molar-refractivity contribution in [3.8, 4) is 11.1 Å². The first-order valence-electron chi connectivity index (χ1n) is 4.28. The summed E-state index contributed by atoms with van der Waals surface area (Å²) in [5.74, 6) is 0.220. The van der Waals surface area contributed by atoms with E-state index in [2.05, 4.69) is 32.5 Å². The Morgan fingerprint density at radius 3 is 2.93 bits per heavy atom. The Bertz CT molecular complexity index is 492. The van der Waals surface area contributed by atoms with Crippen molar-refractivity contribution in [2.45, 2.75) is 6.92 Å². The molecule has 0 aromatic heterocycles. The van der Waals surface area contributed by atoms with E-state index < -0.39 is 5.97 Å². The molecular formula is C10H8INO3. The number of carbonyl (C=O) groups is 1. The second kappa shape index (κ2) is 3.80. The summed E-state index contributed by atoms with van der Waals surface area (Å²) >= 11 is 2.19. The first-order valence-corrected chi connectivity index (χ1v) is 5.36. The highest BCUT2D eigenvalue weighted by Crippen LogP contribution is 2.34. The standard InChI is InChI=1S/C10H8INO3/c1-5-8-6(3-4-7(8)11)9(12-15-5)10(13)14-2/h3-4H,1-2H3. The van der Waals surface area contributed by atoms with Gasteiger partial charge in [0.05, 0.1) is 7.11 Å². The Kier molecular flexibility index (Phi) is 2.64. The summed E-state index contributed by atoms with van der Waals surface area (Å²) in [7, 11) is 1.32. The van der Waals surface area contributed by atoms with Crippen LogP contribution >= 0.6 is 22.6 Å². The number of rotatable bonds is 1. The largest absolute Gasteiger partial charge is 0.464 e. The normalized spacial score (nSPS) is 10.6. The monoisotopic (exact) mass is 317 g/mol. The van der Waals surface area contributed by atoms with Gasteiger partial charge in [-0.05, 0) is 35.6 Å². The van der Waals surface area contributed by atoms with Crippen molar-refractivity contribution in [2.24, 2.45) is 0 Å². The van der Waals surface area contributed by atoms with E-state index in [-0.39, 0.29) is 5.69 Å². The number of hydrogen-bond acceptors (Lipinski definition) is 4. The minimum Gasteiger partial charge on any atom is -0.464 e. The lowest BCUT2D eigenvalue weighted by Gasteiger charge is -2.06. The van der Waals surface area contributed by atoms with E-state index in [0.717, 1.165) is 14.7 Å². The van der Waals surface area contributed by atoms with Crippen LogP contribution in [0.25, 0.3) is 11.1 Å². The molecule has 0 aromatic rings. The third-order valence-corrected chi connectivity index (χ3v) is 3.06. The lowest BCUT2D eigenvalue weighted by atomic mass is 10.1. The van der Waals surface area contributed by atoms with Gasteiger partial charge in [0.2, 0.25) is 0 Å². The molecule has 2 aliphatic rings. The summed E-state index contributed by atoms with van der Waals surface area (Å²) in [5.41, 5.74) is 1.92. The lowest BCUT2D eigenvalue weighted by Crippen LogP contribution is -2.07. The van der Waals surface area contributed by atoms with Crippen LogP contribution in [0.4, 0.5) is 0 Å². The molecule has 0 atom stereocenters. The highest BCUT2D eigenvalue weighted by molar-refractivity contribution is 14.1. The van der Waals surface area contributed by atoms with Gasteiger partial charge in [-0.15, -0.1) is 0 Å². The molecule has 4 nitrogen and oxygen atoms in total. The van der Waals surface area contributed by atoms with Crippen molar-refractivity contribution < 1.29 is 14.1 Å². The molecule has 2 rings (SSSR count). The van der Waals surface area contributed by atoms with Gasteiger partial charge in [0.25, 0.3) is 0 Å². The molecule has 0 radical (unpaired) electrons. The second-order valence-electron chi connectivity index (χ2n) is 3.05. The van der Waals surface area contributed by atoms with Crippen LogP contribution in [0.3, 0.4) is 0 Å². The maximum absolute atomic E-state index is 11.4. The van der Waals surface area contributed by atoms with Crippen molar-refractivity contribution in [1.29, 1.82) is 0 Å². The predicted octanol–water partition coefficient (Wildman–Crippen LogP) is 2.48. The number of fused-ring (bicyclic) bond motifs is 1. The maximum atomic E-state index is 11.4. The Hall–Kier alpha value is -1.11. The number of methoxy groups -OCH3 is 1. The van der Waals surface area contributed by atoms with Gasteiger partial charge in [0.15, 0.2) is 5.69 Å². The molecular weight excluding hydrogens is 309 g/mol. The minimum atomic E-state index is -0.481. The smallest absolute Gasteiger partial charge is 0.360 e. The third kappa shape index (κ3) is 1.60. The molecule has 0 saturated heterocycles. The summed E-state index contributed by atoms with van der Waals surface area (Å²) in [6.45, 7) is 1.82. The van der Waals surface area contributed by atoms with E-state index in [0.29, 0.717) is 5.76 Å². The minimum absolute atomic E-state index is 0.223. The van der Waals surface area contributed by atoms with Gasteiger partial charge in [0, 0.05) is 14.7 Å². The molecule has 0 fully saturated rings. The summed E-state index contributed by atoms with van der Waals surface area (Å²) in [6, 6.07) is 3.76. The Morgan fingerprint density at radius 2 is 2.27 bits per heavy atom. The fraction of sp³-hybridized carbons (Fsp3) is 0.200. The van der Waals surface area contributed by atoms with Crippen LogP contribution in [-0.4, -0.2) is 18.2 Å². The molecule has 0 N–H and O–H groups in total. The number of carbonyl (C=O) groups excluding carboxylic acids is 1. The van der Waals surface area contributed by atoms with Gasteiger partial charge in [-0.3, -0.25) is 0 Å². The second-order valence-corrected chi connectivity index (χ2v) is 4.21. The third-order valence-electron chi connectivity index (χ3n) is 2.16. The first-order chi connectivity index (χ1) is 7.15. The zero-order chi connectivity index (χ0) is 11.0. The van der Waals surface area contributed by atoms with Gasteiger partial charge in [-0.25, -0.2) is 4.79 Å². The molecule has 78 valence electrons. The maximum Gasteiger partial charge on any atom is 0.360 e. The van der Waals surface area contributed by atoms with Crippen LogP contribution in [-0.2, 0) is 4.74 Å². The number of aryl methyl sites for hydroxylation is 1. The molecule has 0 aromatic carbocycles. The zero-order valence-corrected chi connectivity index (χ0v) is 10.4. The summed E-state index contributed by atoms with van der Waals surface area (Å²) in [6.07, 6.45) is 0. The van der Waals surface area contributed by atoms with E-state index in [1.807, 2.05) is 19.1 Å². The molecule has 1 aliphatic heterocycles. The average Bonchev–Trinajstić information content (AvgIpc) is 2.61. The van der Waals surface area contributed by atoms with Crippen LogP contribution < -0.4 is 0 Å². The van der Waals surface area contributed by atoms with Crippen LogP contribution in [0.5, 0.6) is 0 Å². The molecule has 0 saturated carbocycles. The average molecular weight is 317 g/mol. The van der Waals surface area contributed by atoms with E-state index in [9.17, 15) is 4.79 Å². The number of nitrogens with zero attached hydrogens (tertiary/aromatic N) is 1. The summed E-state index contributed by atoms with van der Waals surface area (Å²) in [5, 5.41) is 3.74. The molecule has 0 spiro atoms. The van der Waals surface area contributed by atoms with Gasteiger partial charge in [-0.1, -0.05) is 11.2 Å². The SMILES string of the molecule is COC(=O)c1noc(C)c2c(I)ccc1-2. The molecule has 0 amide bonds. The van der Waals surface area contributed by atoms with Gasteiger partial charge in [0.1, 0.15) is 5.76 Å². The molecule has 5 heteroatoms. The van der Waals surface area contributed by atoms with Crippen LogP contribution in [0, 0.1) is 10.5 Å². The number of esters is 1. The highest BCUT2D eigenvalue weighted by atomic mass is 127. The molecule has 15 heavy (non-hydrogen) atoms. The van der Waals surface area contributed by atoms with E-state index in [4.69, 9.17) is 4.52 Å². The fourth-order valence-corrected chi connectivity index (χ4v) is 2.31. The quantitative estimate of drug-likeness (QED) is 0.599. The topological polar surface area (TPSA) is 52.3 Å². The Balaban J connectivity index is 2.68. The van der Waals surface area contributed by atoms with Crippen molar-refractivity contribution >= 4 is 28.6 Å². The lowest BCUT2D eigenvalue weighted by molar-refractivity contribution is 0.0585. The van der Waals surface area contributed by atoms with E-state index >= 15 is 0 Å². The van der Waals surface area contributed by atoms with Crippen LogP contribution in [0.1, 0.15) is 16.2 Å². The molecule has 0 unspecified atom stereocenters. The molecule has 1 aliphatic carbocycles. The fourth-order valence-electron chi connectivity index (χ4n) is 1.46. The Labute approximate surface area is 100 Å². The van der Waals surface area contributed by atoms with Crippen molar-refractivity contribution in [2.75, 3.05) is 7.11 Å². The van der Waals surface area contributed by atoms with Crippen LogP contribution in [0.15, 0.2) is 16.7 Å². The number of hydrogen-bond donors (Lipinski definition) is 0. The zero-order valence-electron chi connectivity index (χ0n) is 8.20. The van der Waals surface area contributed by atoms with E-state index in [1.54, 1.807) is 0 Å². The van der Waals surface area contributed by atoms with E-state index in [1.165, 1.54) is 7.11 Å². The summed E-state index contributed by atoms with van der Waals surface area (Å²) in [4.78, 5) is 11.4. The van der Waals surface area contributed by atoms with Gasteiger partial charge >= 0.3 is 5.97 Å². The van der Waals surface area contributed by atoms with Gasteiger partial charge in [-0.2, -0.15) is 0 Å². The summed E-state index contributed by atoms with van der Waals surface area (Å²) < 4.78 is 10.7. The Morgan fingerprint density at radius 1 is 1.53 bits per heavy atom. The van der Waals surface area contributed by atoms with Gasteiger partial charge < -0.3 is 9.26 Å². The number of ether oxygens (including phenoxy) is 1. The van der Waals surface area contributed by atoms with Crippen molar-refractivity contribution in [1.82, 2.24) is 5.16 Å². The first kappa shape index (κ1) is 10.4. The van der Waals surface area contributed by atoms with Crippen LogP contribution in [0.2, 0.25) is 0 Å². The molecule has 1 heterocycles. The number of aromatic nitrogens is 1. The predicted molar refractivity (Wildman–Crippen MR) is 61.9 cm³/mol. The highest BCUT2D eigenvalue weighted by Gasteiger charge is 2.23. The number of halogens is 1.